The van der Waals surface area contributed by atoms with Crippen molar-refractivity contribution >= 4 is 6.09 Å². The highest BCUT2D eigenvalue weighted by Gasteiger charge is 2.47. The van der Waals surface area contributed by atoms with E-state index in [1.165, 1.54) is 0 Å². The van der Waals surface area contributed by atoms with Crippen LogP contribution < -0.4 is 0 Å². The fourth-order valence-electron chi connectivity index (χ4n) is 4.45. The zero-order valence-corrected chi connectivity index (χ0v) is 16.8. The topological polar surface area (TPSA) is 68.2 Å². The number of amides is 1. The lowest BCUT2D eigenvalue weighted by Crippen LogP contribution is -2.60. The highest BCUT2D eigenvalue weighted by Crippen LogP contribution is 2.41. The minimum absolute atomic E-state index is 0.0456. The van der Waals surface area contributed by atoms with Crippen molar-refractivity contribution in [2.24, 2.45) is 0 Å². The van der Waals surface area contributed by atoms with E-state index in [4.69, 9.17) is 14.2 Å². The third-order valence-electron chi connectivity index (χ3n) is 5.80. The normalized spacial score (nSPS) is 26.9. The fraction of sp³-hybridized carbons (Fsp3) is 0.682. The Hall–Kier alpha value is -1.63. The van der Waals surface area contributed by atoms with Gasteiger partial charge in [-0.2, -0.15) is 0 Å². The van der Waals surface area contributed by atoms with Gasteiger partial charge in [0.1, 0.15) is 6.61 Å². The summed E-state index contributed by atoms with van der Waals surface area (Å²) in [5.74, 6) is 0. The van der Waals surface area contributed by atoms with Gasteiger partial charge in [0.15, 0.2) is 0 Å². The highest BCUT2D eigenvalue weighted by atomic mass is 16.6. The Labute approximate surface area is 167 Å². The average Bonchev–Trinajstić information content (AvgIpc) is 2.69. The standard InChI is InChI=1S/C22H33NO5/c1-2-26-13-14-27-12-11-22(25)15-19-9-6-10-20(16-22)23(19)21(24)28-17-18-7-4-3-5-8-18/h3-5,7-8,19-20,25H,2,6,9-17H2,1H3. The summed E-state index contributed by atoms with van der Waals surface area (Å²) in [7, 11) is 0. The molecule has 2 bridgehead atoms. The van der Waals surface area contributed by atoms with Crippen molar-refractivity contribution in [3.63, 3.8) is 0 Å². The number of hydrogen-bond donors (Lipinski definition) is 1. The van der Waals surface area contributed by atoms with Gasteiger partial charge in [-0.15, -0.1) is 0 Å². The molecule has 2 heterocycles. The molecular weight excluding hydrogens is 358 g/mol. The summed E-state index contributed by atoms with van der Waals surface area (Å²) in [6.07, 6.45) is 4.47. The van der Waals surface area contributed by atoms with Gasteiger partial charge in [0.05, 0.1) is 18.8 Å². The molecule has 3 rings (SSSR count). The third-order valence-corrected chi connectivity index (χ3v) is 5.80. The number of carbonyl (C=O) groups is 1. The van der Waals surface area contributed by atoms with Gasteiger partial charge in [0, 0.05) is 25.3 Å². The van der Waals surface area contributed by atoms with Crippen LogP contribution in [0.4, 0.5) is 4.79 Å². The fourth-order valence-corrected chi connectivity index (χ4v) is 4.45. The van der Waals surface area contributed by atoms with E-state index in [1.807, 2.05) is 42.2 Å². The van der Waals surface area contributed by atoms with Crippen molar-refractivity contribution in [1.82, 2.24) is 4.90 Å². The first kappa shape index (κ1) is 21.1. The Bertz CT molecular complexity index is 594. The van der Waals surface area contributed by atoms with Gasteiger partial charge >= 0.3 is 6.09 Å². The lowest BCUT2D eigenvalue weighted by Gasteiger charge is -2.51. The maximum Gasteiger partial charge on any atom is 0.410 e. The number of ether oxygens (including phenoxy) is 3. The lowest BCUT2D eigenvalue weighted by molar-refractivity contribution is -0.0989. The van der Waals surface area contributed by atoms with E-state index in [9.17, 15) is 9.90 Å². The molecule has 6 nitrogen and oxygen atoms in total. The smallest absolute Gasteiger partial charge is 0.410 e. The number of piperidine rings is 2. The first-order valence-electron chi connectivity index (χ1n) is 10.5. The van der Waals surface area contributed by atoms with Crippen LogP contribution >= 0.6 is 0 Å². The van der Waals surface area contributed by atoms with Gasteiger partial charge in [0.2, 0.25) is 0 Å². The zero-order valence-electron chi connectivity index (χ0n) is 16.8. The molecule has 6 heteroatoms. The van der Waals surface area contributed by atoms with Crippen molar-refractivity contribution in [1.29, 1.82) is 0 Å². The van der Waals surface area contributed by atoms with Crippen molar-refractivity contribution in [3.8, 4) is 0 Å². The number of nitrogens with zero attached hydrogens (tertiary/aromatic N) is 1. The van der Waals surface area contributed by atoms with E-state index < -0.39 is 5.60 Å². The molecular formula is C22H33NO5. The van der Waals surface area contributed by atoms with Crippen molar-refractivity contribution < 1.29 is 24.1 Å². The van der Waals surface area contributed by atoms with E-state index in [1.54, 1.807) is 0 Å². The van der Waals surface area contributed by atoms with Crippen LogP contribution in [0.2, 0.25) is 0 Å². The Balaban J connectivity index is 1.50. The molecule has 0 spiro atoms. The summed E-state index contributed by atoms with van der Waals surface area (Å²) in [5.41, 5.74) is 0.219. The number of fused-ring (bicyclic) bond motifs is 2. The monoisotopic (exact) mass is 391 g/mol. The Morgan fingerprint density at radius 1 is 1.11 bits per heavy atom. The quantitative estimate of drug-likeness (QED) is 0.653. The second-order valence-electron chi connectivity index (χ2n) is 7.88. The molecule has 2 fully saturated rings. The van der Waals surface area contributed by atoms with Crippen LogP contribution in [0, 0.1) is 0 Å². The molecule has 0 aliphatic carbocycles. The molecule has 1 N–H and O–H groups in total. The molecule has 2 atom stereocenters. The molecule has 1 aromatic carbocycles. The van der Waals surface area contributed by atoms with E-state index in [-0.39, 0.29) is 24.8 Å². The maximum absolute atomic E-state index is 12.7. The van der Waals surface area contributed by atoms with Gasteiger partial charge in [-0.05, 0) is 51.0 Å². The average molecular weight is 392 g/mol. The largest absolute Gasteiger partial charge is 0.445 e. The van der Waals surface area contributed by atoms with Gasteiger partial charge in [0.25, 0.3) is 0 Å². The van der Waals surface area contributed by atoms with E-state index >= 15 is 0 Å². The summed E-state index contributed by atoms with van der Waals surface area (Å²) in [4.78, 5) is 14.6. The molecule has 2 aliphatic heterocycles. The first-order chi connectivity index (χ1) is 13.6. The van der Waals surface area contributed by atoms with Crippen molar-refractivity contribution in [3.05, 3.63) is 35.9 Å². The molecule has 2 unspecified atom stereocenters. The van der Waals surface area contributed by atoms with Crippen LogP contribution in [-0.2, 0) is 20.8 Å². The predicted molar refractivity (Wildman–Crippen MR) is 106 cm³/mol. The van der Waals surface area contributed by atoms with Crippen LogP contribution in [-0.4, -0.2) is 60.2 Å². The van der Waals surface area contributed by atoms with Crippen LogP contribution in [0.1, 0.15) is 51.0 Å². The summed E-state index contributed by atoms with van der Waals surface area (Å²) in [5, 5.41) is 11.1. The second-order valence-corrected chi connectivity index (χ2v) is 7.88. The molecule has 0 aromatic heterocycles. The number of rotatable bonds is 9. The van der Waals surface area contributed by atoms with E-state index in [0.717, 1.165) is 24.8 Å². The summed E-state index contributed by atoms with van der Waals surface area (Å²) in [6, 6.07) is 9.82. The van der Waals surface area contributed by atoms with Crippen LogP contribution in [0.25, 0.3) is 0 Å². The Morgan fingerprint density at radius 3 is 2.46 bits per heavy atom. The number of carbonyl (C=O) groups excluding carboxylic acids is 1. The minimum atomic E-state index is -0.766. The van der Waals surface area contributed by atoms with Crippen LogP contribution in [0.15, 0.2) is 30.3 Å². The van der Waals surface area contributed by atoms with Crippen LogP contribution in [0.3, 0.4) is 0 Å². The maximum atomic E-state index is 12.7. The lowest BCUT2D eigenvalue weighted by atomic mass is 9.74. The molecule has 1 aromatic rings. The number of hydrogen-bond acceptors (Lipinski definition) is 5. The molecule has 2 saturated heterocycles. The summed E-state index contributed by atoms with van der Waals surface area (Å²) in [6.45, 7) is 4.58. The zero-order chi connectivity index (χ0) is 19.8. The van der Waals surface area contributed by atoms with Gasteiger partial charge in [-0.25, -0.2) is 4.79 Å². The molecule has 0 saturated carbocycles. The summed E-state index contributed by atoms with van der Waals surface area (Å²) < 4.78 is 16.4. The van der Waals surface area contributed by atoms with E-state index in [0.29, 0.717) is 45.7 Å². The van der Waals surface area contributed by atoms with Gasteiger partial charge in [-0.3, -0.25) is 0 Å². The molecule has 1 amide bonds. The van der Waals surface area contributed by atoms with Crippen molar-refractivity contribution in [2.75, 3.05) is 26.4 Å². The molecule has 156 valence electrons. The predicted octanol–water partition coefficient (Wildman–Crippen LogP) is 3.51. The first-order valence-corrected chi connectivity index (χ1v) is 10.5. The molecule has 28 heavy (non-hydrogen) atoms. The second kappa shape index (κ2) is 10.2. The number of benzene rings is 1. The highest BCUT2D eigenvalue weighted by molar-refractivity contribution is 5.69. The van der Waals surface area contributed by atoms with Crippen LogP contribution in [0.5, 0.6) is 0 Å². The van der Waals surface area contributed by atoms with Crippen molar-refractivity contribution in [2.45, 2.75) is 69.7 Å². The summed E-state index contributed by atoms with van der Waals surface area (Å²) >= 11 is 0. The third kappa shape index (κ3) is 5.69. The Kier molecular flexibility index (Phi) is 7.71. The Morgan fingerprint density at radius 2 is 1.79 bits per heavy atom. The minimum Gasteiger partial charge on any atom is -0.445 e. The van der Waals surface area contributed by atoms with Gasteiger partial charge in [-0.1, -0.05) is 30.3 Å². The van der Waals surface area contributed by atoms with E-state index in [2.05, 4.69) is 0 Å². The molecule has 0 radical (unpaired) electrons. The molecule has 2 aliphatic rings. The van der Waals surface area contributed by atoms with Gasteiger partial charge < -0.3 is 24.2 Å². The number of aliphatic hydroxyl groups is 1. The SMILES string of the molecule is CCOCCOCCC1(O)CC2CCCC(C1)N2C(=O)OCc1ccccc1.